The lowest BCUT2D eigenvalue weighted by Gasteiger charge is -2.33. The van der Waals surface area contributed by atoms with E-state index in [1.54, 1.807) is 0 Å². The van der Waals surface area contributed by atoms with Crippen LogP contribution in [0.1, 0.15) is 26.7 Å². The summed E-state index contributed by atoms with van der Waals surface area (Å²) in [4.78, 5) is 14.5. The second-order valence-corrected chi connectivity index (χ2v) is 6.23. The molecule has 1 saturated heterocycles. The van der Waals surface area contributed by atoms with Crippen LogP contribution >= 0.6 is 24.0 Å². The highest BCUT2D eigenvalue weighted by Crippen LogP contribution is 2.20. The van der Waals surface area contributed by atoms with Gasteiger partial charge in [-0.15, -0.1) is 0 Å². The molecule has 16 heavy (non-hydrogen) atoms. The summed E-state index contributed by atoms with van der Waals surface area (Å²) in [7, 11) is 0. The average molecular weight is 260 g/mol. The van der Waals surface area contributed by atoms with E-state index >= 15 is 0 Å². The highest BCUT2D eigenvalue weighted by molar-refractivity contribution is 7.99. The lowest BCUT2D eigenvalue weighted by molar-refractivity contribution is -0.133. The van der Waals surface area contributed by atoms with Gasteiger partial charge >= 0.3 is 0 Å². The summed E-state index contributed by atoms with van der Waals surface area (Å²) in [5.74, 6) is 0.889. The van der Waals surface area contributed by atoms with Crippen molar-refractivity contribution in [1.29, 1.82) is 0 Å². The smallest absolute Gasteiger partial charge is 0.232 e. The van der Waals surface area contributed by atoms with E-state index in [1.165, 1.54) is 0 Å². The van der Waals surface area contributed by atoms with Crippen LogP contribution in [-0.4, -0.2) is 39.9 Å². The van der Waals surface area contributed by atoms with Gasteiger partial charge in [0.2, 0.25) is 5.91 Å². The van der Waals surface area contributed by atoms with Crippen molar-refractivity contribution in [2.75, 3.05) is 18.8 Å². The van der Waals surface area contributed by atoms with E-state index in [0.29, 0.717) is 10.2 Å². The van der Waals surface area contributed by atoms with E-state index in [-0.39, 0.29) is 11.8 Å². The number of thioether (sulfide) groups is 1. The summed E-state index contributed by atoms with van der Waals surface area (Å²) in [5.41, 5.74) is 5.64. The van der Waals surface area contributed by atoms with Gasteiger partial charge in [-0.2, -0.15) is 11.8 Å². The molecule has 0 aliphatic carbocycles. The van der Waals surface area contributed by atoms with E-state index < -0.39 is 0 Å². The van der Waals surface area contributed by atoms with Crippen LogP contribution in [0.5, 0.6) is 0 Å². The number of nitrogens with two attached hydrogens (primary N) is 1. The summed E-state index contributed by atoms with van der Waals surface area (Å²) in [5, 5.41) is 0.520. The number of carbonyl (C=O) groups excluding carboxylic acids is 1. The Balaban J connectivity index is 2.62. The van der Waals surface area contributed by atoms with Crippen LogP contribution in [0.2, 0.25) is 0 Å². The summed E-state index contributed by atoms with van der Waals surface area (Å²) >= 11 is 6.90. The van der Waals surface area contributed by atoms with Gasteiger partial charge in [0.05, 0.1) is 10.9 Å². The molecule has 2 N–H and O–H groups in total. The highest BCUT2D eigenvalue weighted by atomic mass is 32.2. The largest absolute Gasteiger partial charge is 0.393 e. The minimum absolute atomic E-state index is 0.126. The third kappa shape index (κ3) is 3.63. The van der Waals surface area contributed by atoms with Crippen LogP contribution in [0.3, 0.4) is 0 Å². The van der Waals surface area contributed by atoms with E-state index in [4.69, 9.17) is 18.0 Å². The minimum atomic E-state index is -0.254. The van der Waals surface area contributed by atoms with E-state index in [9.17, 15) is 4.79 Å². The Labute approximate surface area is 107 Å². The van der Waals surface area contributed by atoms with Crippen LogP contribution < -0.4 is 5.73 Å². The first-order valence-corrected chi connectivity index (χ1v) is 7.21. The Kier molecular flexibility index (Phi) is 5.55. The first-order chi connectivity index (χ1) is 7.56. The SMILES string of the molecule is CCCC(C(=O)N1CCSC(C)C1)C(N)=S. The molecule has 0 saturated carbocycles. The van der Waals surface area contributed by atoms with E-state index in [2.05, 4.69) is 6.92 Å². The summed E-state index contributed by atoms with van der Waals surface area (Å²) in [6, 6.07) is 0. The molecule has 2 atom stereocenters. The Bertz CT molecular complexity index is 271. The zero-order chi connectivity index (χ0) is 12.1. The Morgan fingerprint density at radius 2 is 2.38 bits per heavy atom. The van der Waals surface area contributed by atoms with Crippen molar-refractivity contribution in [3.8, 4) is 0 Å². The minimum Gasteiger partial charge on any atom is -0.393 e. The van der Waals surface area contributed by atoms with Crippen LogP contribution in [0.25, 0.3) is 0 Å². The maximum atomic E-state index is 12.2. The van der Waals surface area contributed by atoms with Gasteiger partial charge < -0.3 is 10.6 Å². The van der Waals surface area contributed by atoms with Gasteiger partial charge in [-0.05, 0) is 6.42 Å². The van der Waals surface area contributed by atoms with Gasteiger partial charge in [0, 0.05) is 24.1 Å². The second kappa shape index (κ2) is 6.45. The lowest BCUT2D eigenvalue weighted by Crippen LogP contribution is -2.46. The van der Waals surface area contributed by atoms with Crippen molar-refractivity contribution in [1.82, 2.24) is 4.90 Å². The molecule has 0 radical (unpaired) electrons. The van der Waals surface area contributed by atoms with E-state index in [0.717, 1.165) is 31.7 Å². The topological polar surface area (TPSA) is 46.3 Å². The first kappa shape index (κ1) is 13.8. The Hall–Kier alpha value is -0.290. The maximum Gasteiger partial charge on any atom is 0.232 e. The van der Waals surface area contributed by atoms with Crippen molar-refractivity contribution in [2.24, 2.45) is 11.7 Å². The fourth-order valence-corrected chi connectivity index (χ4v) is 3.15. The molecule has 92 valence electrons. The second-order valence-electron chi connectivity index (χ2n) is 4.21. The standard InChI is InChI=1S/C11H20N2OS2/c1-3-4-9(10(12)15)11(14)13-5-6-16-8(2)7-13/h8-9H,3-7H2,1-2H3,(H2,12,15). The van der Waals surface area contributed by atoms with Gasteiger partial charge in [0.25, 0.3) is 0 Å². The van der Waals surface area contributed by atoms with Crippen molar-refractivity contribution in [3.63, 3.8) is 0 Å². The van der Waals surface area contributed by atoms with Crippen molar-refractivity contribution < 1.29 is 4.79 Å². The predicted octanol–water partition coefficient (Wildman–Crippen LogP) is 1.65. The number of rotatable bonds is 4. The molecular formula is C11H20N2OS2. The van der Waals surface area contributed by atoms with Gasteiger partial charge in [0.15, 0.2) is 0 Å². The molecule has 3 nitrogen and oxygen atoms in total. The van der Waals surface area contributed by atoms with Crippen LogP contribution in [0.4, 0.5) is 0 Å². The van der Waals surface area contributed by atoms with Crippen LogP contribution in [-0.2, 0) is 4.79 Å². The molecule has 1 aliphatic rings. The molecule has 0 aromatic rings. The number of hydrogen-bond acceptors (Lipinski definition) is 3. The molecule has 1 heterocycles. The number of carbonyl (C=O) groups is 1. The zero-order valence-electron chi connectivity index (χ0n) is 9.94. The summed E-state index contributed by atoms with van der Waals surface area (Å²) in [6.07, 6.45) is 1.71. The maximum absolute atomic E-state index is 12.2. The third-order valence-electron chi connectivity index (χ3n) is 2.77. The van der Waals surface area contributed by atoms with E-state index in [1.807, 2.05) is 23.6 Å². The van der Waals surface area contributed by atoms with Crippen molar-refractivity contribution in [3.05, 3.63) is 0 Å². The third-order valence-corrected chi connectivity index (χ3v) is 4.19. The number of nitrogens with zero attached hydrogens (tertiary/aromatic N) is 1. The Morgan fingerprint density at radius 3 is 2.88 bits per heavy atom. The molecule has 0 spiro atoms. The number of hydrogen-bond donors (Lipinski definition) is 1. The van der Waals surface area contributed by atoms with Gasteiger partial charge in [-0.3, -0.25) is 4.79 Å². The molecule has 1 amide bonds. The fraction of sp³-hybridized carbons (Fsp3) is 0.818. The first-order valence-electron chi connectivity index (χ1n) is 5.76. The molecule has 1 aliphatic heterocycles. The van der Waals surface area contributed by atoms with Crippen LogP contribution in [0, 0.1) is 5.92 Å². The summed E-state index contributed by atoms with van der Waals surface area (Å²) in [6.45, 7) is 5.86. The lowest BCUT2D eigenvalue weighted by atomic mass is 10.0. The monoisotopic (exact) mass is 260 g/mol. The zero-order valence-corrected chi connectivity index (χ0v) is 11.6. The Morgan fingerprint density at radius 1 is 1.69 bits per heavy atom. The van der Waals surface area contributed by atoms with Crippen LogP contribution in [0.15, 0.2) is 0 Å². The molecule has 2 unspecified atom stereocenters. The molecule has 1 rings (SSSR count). The molecule has 0 bridgehead atoms. The normalized spacial score (nSPS) is 22.9. The number of thiocarbonyl (C=S) groups is 1. The molecule has 5 heteroatoms. The molecule has 1 fully saturated rings. The molecule has 0 aromatic carbocycles. The average Bonchev–Trinajstić information content (AvgIpc) is 2.24. The summed E-state index contributed by atoms with van der Waals surface area (Å²) < 4.78 is 0. The fourth-order valence-electron chi connectivity index (χ4n) is 1.92. The molecule has 0 aromatic heterocycles. The predicted molar refractivity (Wildman–Crippen MR) is 73.7 cm³/mol. The highest BCUT2D eigenvalue weighted by Gasteiger charge is 2.28. The number of amides is 1. The van der Waals surface area contributed by atoms with Crippen molar-refractivity contribution >= 4 is 34.9 Å². The van der Waals surface area contributed by atoms with Gasteiger partial charge in [-0.25, -0.2) is 0 Å². The van der Waals surface area contributed by atoms with Gasteiger partial charge in [0.1, 0.15) is 0 Å². The van der Waals surface area contributed by atoms with Crippen molar-refractivity contribution in [2.45, 2.75) is 31.9 Å². The quantitative estimate of drug-likeness (QED) is 0.781. The molecular weight excluding hydrogens is 240 g/mol. The van der Waals surface area contributed by atoms with Gasteiger partial charge in [-0.1, -0.05) is 32.5 Å².